The smallest absolute Gasteiger partial charge is 0.235 e. The first-order valence-electron chi connectivity index (χ1n) is 8.79. The van der Waals surface area contributed by atoms with Crippen LogP contribution in [0, 0.1) is 0 Å². The minimum Gasteiger partial charge on any atom is -0.502 e. The zero-order chi connectivity index (χ0) is 19.9. The standard InChI is InChI=1S/C22H25NO4/c1-22(2,3)16-12-17-15(11-18(16)26-6)19(24)20(25)21(27-17)13-7-9-14(10-8-13)23(4)5/h7-12,25H,1-6H3. The van der Waals surface area contributed by atoms with Gasteiger partial charge in [-0.1, -0.05) is 20.8 Å². The Morgan fingerprint density at radius 2 is 1.70 bits per heavy atom. The molecule has 27 heavy (non-hydrogen) atoms. The number of nitrogens with zero attached hydrogens (tertiary/aromatic N) is 1. The summed E-state index contributed by atoms with van der Waals surface area (Å²) in [6.07, 6.45) is 0. The average Bonchev–Trinajstić information content (AvgIpc) is 2.63. The number of aromatic hydroxyl groups is 1. The molecule has 5 heteroatoms. The first kappa shape index (κ1) is 18.8. The third-order valence-electron chi connectivity index (χ3n) is 4.64. The maximum absolute atomic E-state index is 12.8. The van der Waals surface area contributed by atoms with Crippen molar-refractivity contribution in [3.63, 3.8) is 0 Å². The number of fused-ring (bicyclic) bond motifs is 1. The summed E-state index contributed by atoms with van der Waals surface area (Å²) >= 11 is 0. The lowest BCUT2D eigenvalue weighted by Crippen LogP contribution is -2.14. The van der Waals surface area contributed by atoms with Crippen molar-refractivity contribution in [2.75, 3.05) is 26.1 Å². The Hall–Kier alpha value is -2.95. The lowest BCUT2D eigenvalue weighted by Gasteiger charge is -2.22. The zero-order valence-electron chi connectivity index (χ0n) is 16.6. The minimum absolute atomic E-state index is 0.169. The highest BCUT2D eigenvalue weighted by atomic mass is 16.5. The molecule has 0 radical (unpaired) electrons. The van der Waals surface area contributed by atoms with E-state index in [0.717, 1.165) is 11.3 Å². The van der Waals surface area contributed by atoms with Gasteiger partial charge in [0.2, 0.25) is 11.2 Å². The van der Waals surface area contributed by atoms with E-state index in [1.807, 2.05) is 49.3 Å². The van der Waals surface area contributed by atoms with Gasteiger partial charge in [-0.05, 0) is 41.8 Å². The molecule has 0 aliphatic heterocycles. The number of ether oxygens (including phenoxy) is 1. The van der Waals surface area contributed by atoms with Gasteiger partial charge in [0.1, 0.15) is 11.3 Å². The molecule has 0 saturated carbocycles. The summed E-state index contributed by atoms with van der Waals surface area (Å²) in [4.78, 5) is 14.7. The van der Waals surface area contributed by atoms with Gasteiger partial charge in [0.25, 0.3) is 0 Å². The molecule has 0 spiro atoms. The fraction of sp³-hybridized carbons (Fsp3) is 0.318. The fourth-order valence-electron chi connectivity index (χ4n) is 3.07. The van der Waals surface area contributed by atoms with Crippen molar-refractivity contribution in [2.24, 2.45) is 0 Å². The Bertz CT molecular complexity index is 1040. The van der Waals surface area contributed by atoms with Gasteiger partial charge in [0.05, 0.1) is 12.5 Å². The molecule has 1 N–H and O–H groups in total. The monoisotopic (exact) mass is 367 g/mol. The molecule has 0 aliphatic carbocycles. The Morgan fingerprint density at radius 1 is 1.07 bits per heavy atom. The lowest BCUT2D eigenvalue weighted by atomic mass is 9.85. The Labute approximate surface area is 158 Å². The highest BCUT2D eigenvalue weighted by Gasteiger charge is 2.23. The Morgan fingerprint density at radius 3 is 2.22 bits per heavy atom. The molecular weight excluding hydrogens is 342 g/mol. The van der Waals surface area contributed by atoms with Crippen LogP contribution >= 0.6 is 0 Å². The minimum atomic E-state index is -0.471. The van der Waals surface area contributed by atoms with Gasteiger partial charge in [0.15, 0.2) is 5.76 Å². The van der Waals surface area contributed by atoms with Crippen molar-refractivity contribution < 1.29 is 14.3 Å². The summed E-state index contributed by atoms with van der Waals surface area (Å²) < 4.78 is 11.4. The second-order valence-corrected chi connectivity index (χ2v) is 7.85. The van der Waals surface area contributed by atoms with Crippen LogP contribution < -0.4 is 15.1 Å². The highest BCUT2D eigenvalue weighted by molar-refractivity contribution is 5.84. The third kappa shape index (κ3) is 3.37. The van der Waals surface area contributed by atoms with E-state index >= 15 is 0 Å². The van der Waals surface area contributed by atoms with Crippen LogP contribution in [0.25, 0.3) is 22.3 Å². The van der Waals surface area contributed by atoms with Crippen molar-refractivity contribution in [3.8, 4) is 22.8 Å². The molecule has 0 saturated heterocycles. The number of benzene rings is 2. The molecule has 5 nitrogen and oxygen atoms in total. The normalized spacial score (nSPS) is 11.6. The molecule has 3 rings (SSSR count). The number of methoxy groups -OCH3 is 1. The lowest BCUT2D eigenvalue weighted by molar-refractivity contribution is 0.397. The van der Waals surface area contributed by atoms with Gasteiger partial charge in [-0.25, -0.2) is 0 Å². The van der Waals surface area contributed by atoms with Crippen LogP contribution in [-0.4, -0.2) is 26.3 Å². The number of hydrogen-bond acceptors (Lipinski definition) is 5. The summed E-state index contributed by atoms with van der Waals surface area (Å²) in [5.74, 6) is 0.373. The van der Waals surface area contributed by atoms with E-state index in [-0.39, 0.29) is 11.2 Å². The predicted octanol–water partition coefficient (Wildman–Crippen LogP) is 4.54. The number of rotatable bonds is 3. The van der Waals surface area contributed by atoms with Gasteiger partial charge in [-0.15, -0.1) is 0 Å². The van der Waals surface area contributed by atoms with Crippen molar-refractivity contribution in [1.82, 2.24) is 0 Å². The zero-order valence-corrected chi connectivity index (χ0v) is 16.6. The molecule has 3 aromatic rings. The predicted molar refractivity (Wildman–Crippen MR) is 109 cm³/mol. The molecule has 1 heterocycles. The van der Waals surface area contributed by atoms with E-state index in [2.05, 4.69) is 20.8 Å². The van der Waals surface area contributed by atoms with E-state index in [4.69, 9.17) is 9.15 Å². The first-order chi connectivity index (χ1) is 12.6. The second-order valence-electron chi connectivity index (χ2n) is 7.85. The summed E-state index contributed by atoms with van der Waals surface area (Å²) in [6.45, 7) is 6.20. The van der Waals surface area contributed by atoms with Gasteiger partial charge in [-0.2, -0.15) is 0 Å². The molecule has 0 unspecified atom stereocenters. The summed E-state index contributed by atoms with van der Waals surface area (Å²) in [5, 5.41) is 10.8. The molecular formula is C22H25NO4. The van der Waals surface area contributed by atoms with Gasteiger partial charge >= 0.3 is 0 Å². The van der Waals surface area contributed by atoms with E-state index in [9.17, 15) is 9.90 Å². The fourth-order valence-corrected chi connectivity index (χ4v) is 3.07. The molecule has 0 aliphatic rings. The van der Waals surface area contributed by atoms with E-state index < -0.39 is 11.2 Å². The summed E-state index contributed by atoms with van der Waals surface area (Å²) in [7, 11) is 5.46. The molecule has 142 valence electrons. The van der Waals surface area contributed by atoms with E-state index in [0.29, 0.717) is 22.3 Å². The van der Waals surface area contributed by atoms with Gasteiger partial charge < -0.3 is 19.2 Å². The molecule has 0 bridgehead atoms. The summed E-state index contributed by atoms with van der Waals surface area (Å²) in [6, 6.07) is 10.9. The molecule has 0 amide bonds. The van der Waals surface area contributed by atoms with E-state index in [1.165, 1.54) is 0 Å². The van der Waals surface area contributed by atoms with Crippen LogP contribution in [0.4, 0.5) is 5.69 Å². The maximum atomic E-state index is 12.8. The quantitative estimate of drug-likeness (QED) is 0.736. The largest absolute Gasteiger partial charge is 0.502 e. The van der Waals surface area contributed by atoms with Crippen LogP contribution in [0.1, 0.15) is 26.3 Å². The van der Waals surface area contributed by atoms with Crippen LogP contribution in [0.3, 0.4) is 0 Å². The topological polar surface area (TPSA) is 62.9 Å². The van der Waals surface area contributed by atoms with Crippen LogP contribution in [0.2, 0.25) is 0 Å². The first-order valence-corrected chi connectivity index (χ1v) is 8.79. The summed E-state index contributed by atoms with van der Waals surface area (Å²) in [5.41, 5.74) is 2.35. The maximum Gasteiger partial charge on any atom is 0.235 e. The van der Waals surface area contributed by atoms with Crippen molar-refractivity contribution >= 4 is 16.7 Å². The van der Waals surface area contributed by atoms with Crippen molar-refractivity contribution in [1.29, 1.82) is 0 Å². The second kappa shape index (κ2) is 6.65. The molecule has 0 fully saturated rings. The number of hydrogen-bond donors (Lipinski definition) is 1. The third-order valence-corrected chi connectivity index (χ3v) is 4.64. The Kier molecular flexibility index (Phi) is 4.64. The SMILES string of the molecule is COc1cc2c(=O)c(O)c(-c3ccc(N(C)C)cc3)oc2cc1C(C)(C)C. The Balaban J connectivity index is 2.26. The van der Waals surface area contributed by atoms with Crippen molar-refractivity contribution in [3.05, 3.63) is 52.2 Å². The average molecular weight is 367 g/mol. The molecule has 1 aromatic heterocycles. The van der Waals surface area contributed by atoms with Gasteiger partial charge in [-0.3, -0.25) is 4.79 Å². The number of anilines is 1. The van der Waals surface area contributed by atoms with Crippen molar-refractivity contribution in [2.45, 2.75) is 26.2 Å². The van der Waals surface area contributed by atoms with E-state index in [1.54, 1.807) is 13.2 Å². The van der Waals surface area contributed by atoms with Crippen LogP contribution in [-0.2, 0) is 5.41 Å². The molecule has 2 aromatic carbocycles. The van der Waals surface area contributed by atoms with Crippen LogP contribution in [0.5, 0.6) is 11.5 Å². The van der Waals surface area contributed by atoms with Gasteiger partial charge in [0, 0.05) is 30.9 Å². The van der Waals surface area contributed by atoms with Crippen LogP contribution in [0.15, 0.2) is 45.6 Å². The molecule has 0 atom stereocenters. The highest BCUT2D eigenvalue weighted by Crippen LogP contribution is 2.37.